The molecule has 0 aromatic carbocycles. The molecule has 4 heteroatoms. The second kappa shape index (κ2) is 5.11. The summed E-state index contributed by atoms with van der Waals surface area (Å²) in [4.78, 5) is 17.7. The largest absolute Gasteiger partial charge is 0.329 e. The fraction of sp³-hybridized carbons (Fsp3) is 0.636. The molecule has 0 unspecified atom stereocenters. The van der Waals surface area contributed by atoms with Gasteiger partial charge >= 0.3 is 7.60 Å². The Morgan fingerprint density at radius 2 is 2.07 bits per heavy atom. The molecule has 15 heavy (non-hydrogen) atoms. The van der Waals surface area contributed by atoms with Crippen molar-refractivity contribution >= 4 is 7.60 Å². The highest BCUT2D eigenvalue weighted by atomic mass is 31.2. The van der Waals surface area contributed by atoms with E-state index in [1.165, 1.54) is 5.57 Å². The van der Waals surface area contributed by atoms with Gasteiger partial charge in [-0.15, -0.1) is 0 Å². The Bertz CT molecular complexity index is 325. The lowest BCUT2D eigenvalue weighted by Crippen LogP contribution is -2.04. The van der Waals surface area contributed by atoms with E-state index in [1.807, 2.05) is 12.2 Å². The molecule has 0 heterocycles. The van der Waals surface area contributed by atoms with Gasteiger partial charge in [0.05, 0.1) is 6.16 Å². The molecule has 0 fully saturated rings. The molecule has 0 aromatic heterocycles. The first-order valence-corrected chi connectivity index (χ1v) is 7.15. The van der Waals surface area contributed by atoms with Crippen molar-refractivity contribution in [2.24, 2.45) is 5.92 Å². The molecule has 1 rings (SSSR count). The van der Waals surface area contributed by atoms with E-state index in [-0.39, 0.29) is 6.16 Å². The lowest BCUT2D eigenvalue weighted by Gasteiger charge is -2.19. The van der Waals surface area contributed by atoms with Crippen LogP contribution in [-0.2, 0) is 4.57 Å². The predicted molar refractivity (Wildman–Crippen MR) is 61.8 cm³/mol. The Hall–Kier alpha value is -0.370. The summed E-state index contributed by atoms with van der Waals surface area (Å²) in [5, 5.41) is 0. The van der Waals surface area contributed by atoms with Crippen LogP contribution >= 0.6 is 7.60 Å². The molecular weight excluding hydrogens is 211 g/mol. The van der Waals surface area contributed by atoms with E-state index in [0.29, 0.717) is 5.92 Å². The third kappa shape index (κ3) is 4.33. The minimum absolute atomic E-state index is 0.0860. The van der Waals surface area contributed by atoms with Crippen LogP contribution in [-0.4, -0.2) is 15.9 Å². The minimum Gasteiger partial charge on any atom is -0.324 e. The number of allylic oxidation sites excluding steroid dienone is 4. The van der Waals surface area contributed by atoms with Crippen LogP contribution in [0.1, 0.15) is 33.1 Å². The topological polar surface area (TPSA) is 57.5 Å². The molecule has 0 spiro atoms. The van der Waals surface area contributed by atoms with Gasteiger partial charge in [-0.3, -0.25) is 4.57 Å². The Morgan fingerprint density at radius 3 is 2.47 bits per heavy atom. The number of hydrogen-bond acceptors (Lipinski definition) is 1. The summed E-state index contributed by atoms with van der Waals surface area (Å²) in [6.07, 6.45) is 6.68. The van der Waals surface area contributed by atoms with Crippen molar-refractivity contribution in [1.29, 1.82) is 0 Å². The molecule has 0 saturated carbocycles. The normalized spacial score (nSPS) is 19.5. The maximum atomic E-state index is 10.8. The van der Waals surface area contributed by atoms with Gasteiger partial charge in [0.15, 0.2) is 0 Å². The van der Waals surface area contributed by atoms with Gasteiger partial charge in [-0.25, -0.2) is 0 Å². The van der Waals surface area contributed by atoms with Crippen LogP contribution in [0.5, 0.6) is 0 Å². The fourth-order valence-corrected chi connectivity index (χ4v) is 2.56. The van der Waals surface area contributed by atoms with Crippen LogP contribution in [0.3, 0.4) is 0 Å². The highest BCUT2D eigenvalue weighted by Gasteiger charge is 2.18. The van der Waals surface area contributed by atoms with Crippen LogP contribution in [0.2, 0.25) is 0 Å². The smallest absolute Gasteiger partial charge is 0.324 e. The summed E-state index contributed by atoms with van der Waals surface area (Å²) in [5.74, 6) is 0.581. The standard InChI is InChI=1S/C11H19O3P/c1-3-9(2)11-6-4-10(5-7-11)8-15(12,13)14/h4,6,9H,3,5,7-8H2,1-2H3,(H2,12,13,14)/t9-/m0/s1. The van der Waals surface area contributed by atoms with Crippen LogP contribution < -0.4 is 0 Å². The highest BCUT2D eigenvalue weighted by molar-refractivity contribution is 7.52. The summed E-state index contributed by atoms with van der Waals surface area (Å²) in [7, 11) is -3.88. The van der Waals surface area contributed by atoms with Gasteiger partial charge in [0, 0.05) is 0 Å². The van der Waals surface area contributed by atoms with Crippen molar-refractivity contribution in [2.45, 2.75) is 33.1 Å². The van der Waals surface area contributed by atoms with Crippen LogP contribution in [0, 0.1) is 5.92 Å². The Morgan fingerprint density at radius 1 is 1.40 bits per heavy atom. The zero-order chi connectivity index (χ0) is 11.5. The van der Waals surface area contributed by atoms with Crippen molar-refractivity contribution < 1.29 is 14.4 Å². The molecule has 0 saturated heterocycles. The van der Waals surface area contributed by atoms with E-state index >= 15 is 0 Å². The number of hydrogen-bond donors (Lipinski definition) is 2. The second-order valence-electron chi connectivity index (χ2n) is 4.20. The van der Waals surface area contributed by atoms with E-state index in [9.17, 15) is 4.57 Å². The third-order valence-electron chi connectivity index (χ3n) is 2.92. The number of rotatable bonds is 4. The molecule has 3 nitrogen and oxygen atoms in total. The van der Waals surface area contributed by atoms with Crippen molar-refractivity contribution in [3.05, 3.63) is 23.3 Å². The maximum Gasteiger partial charge on any atom is 0.329 e. The molecule has 1 aliphatic rings. The molecule has 0 amide bonds. The zero-order valence-corrected chi connectivity index (χ0v) is 10.2. The van der Waals surface area contributed by atoms with E-state index in [2.05, 4.69) is 13.8 Å². The van der Waals surface area contributed by atoms with Gasteiger partial charge in [-0.05, 0) is 25.2 Å². The van der Waals surface area contributed by atoms with Gasteiger partial charge in [-0.1, -0.05) is 37.1 Å². The summed E-state index contributed by atoms with van der Waals surface area (Å²) in [6.45, 7) is 4.34. The van der Waals surface area contributed by atoms with Crippen LogP contribution in [0.4, 0.5) is 0 Å². The first kappa shape index (κ1) is 12.7. The van der Waals surface area contributed by atoms with Gasteiger partial charge in [0.1, 0.15) is 0 Å². The van der Waals surface area contributed by atoms with Gasteiger partial charge in [0.2, 0.25) is 0 Å². The van der Waals surface area contributed by atoms with Crippen molar-refractivity contribution in [2.75, 3.05) is 6.16 Å². The molecule has 86 valence electrons. The van der Waals surface area contributed by atoms with Gasteiger partial charge in [-0.2, -0.15) is 0 Å². The van der Waals surface area contributed by atoms with Crippen molar-refractivity contribution in [3.63, 3.8) is 0 Å². The average molecular weight is 230 g/mol. The highest BCUT2D eigenvalue weighted by Crippen LogP contribution is 2.39. The van der Waals surface area contributed by atoms with E-state index < -0.39 is 7.60 Å². The minimum atomic E-state index is -3.88. The van der Waals surface area contributed by atoms with E-state index in [4.69, 9.17) is 9.79 Å². The van der Waals surface area contributed by atoms with Crippen LogP contribution in [0.25, 0.3) is 0 Å². The predicted octanol–water partition coefficient (Wildman–Crippen LogP) is 2.86. The molecule has 0 radical (unpaired) electrons. The Kier molecular flexibility index (Phi) is 4.32. The molecule has 1 atom stereocenters. The summed E-state index contributed by atoms with van der Waals surface area (Å²) < 4.78 is 10.8. The SMILES string of the molecule is CC[C@H](C)C1=CC=C(CP(=O)(O)O)CC1. The molecule has 0 aliphatic heterocycles. The monoisotopic (exact) mass is 230 g/mol. The molecule has 1 aliphatic carbocycles. The third-order valence-corrected chi connectivity index (χ3v) is 3.74. The summed E-state index contributed by atoms with van der Waals surface area (Å²) in [6, 6.07) is 0. The van der Waals surface area contributed by atoms with Gasteiger partial charge < -0.3 is 9.79 Å². The Balaban J connectivity index is 2.64. The van der Waals surface area contributed by atoms with Crippen molar-refractivity contribution in [1.82, 2.24) is 0 Å². The van der Waals surface area contributed by atoms with Crippen LogP contribution in [0.15, 0.2) is 23.3 Å². The molecule has 0 bridgehead atoms. The lowest BCUT2D eigenvalue weighted by atomic mass is 9.89. The Labute approximate surface area is 91.1 Å². The first-order valence-electron chi connectivity index (χ1n) is 5.35. The van der Waals surface area contributed by atoms with E-state index in [0.717, 1.165) is 24.8 Å². The fourth-order valence-electron chi connectivity index (χ4n) is 1.77. The molecule has 2 N–H and O–H groups in total. The lowest BCUT2D eigenvalue weighted by molar-refractivity contribution is 0.375. The second-order valence-corrected chi connectivity index (χ2v) is 5.84. The summed E-state index contributed by atoms with van der Waals surface area (Å²) >= 11 is 0. The zero-order valence-electron chi connectivity index (χ0n) is 9.31. The summed E-state index contributed by atoms with van der Waals surface area (Å²) in [5.41, 5.74) is 2.27. The quantitative estimate of drug-likeness (QED) is 0.730. The van der Waals surface area contributed by atoms with E-state index in [1.54, 1.807) is 0 Å². The molecular formula is C11H19O3P. The first-order chi connectivity index (χ1) is 6.92. The van der Waals surface area contributed by atoms with Gasteiger partial charge in [0.25, 0.3) is 0 Å². The molecule has 0 aromatic rings. The maximum absolute atomic E-state index is 10.8. The van der Waals surface area contributed by atoms with Crippen molar-refractivity contribution in [3.8, 4) is 0 Å². The average Bonchev–Trinajstić information content (AvgIpc) is 2.15.